The lowest BCUT2D eigenvalue weighted by molar-refractivity contribution is -0.118. The molecular weight excluding hydrogens is 184 g/mol. The van der Waals surface area contributed by atoms with Gasteiger partial charge in [-0.05, 0) is 36.5 Å². The number of Topliss-reactive ketones (excluding diaryl/α,β-unsaturated/α-hetero) is 1. The fraction of sp³-hybridized carbons (Fsp3) is 0.357. The molecule has 1 aromatic carbocycles. The van der Waals surface area contributed by atoms with Gasteiger partial charge in [0.1, 0.15) is 5.78 Å². The summed E-state index contributed by atoms with van der Waals surface area (Å²) in [6.07, 6.45) is 3.21. The number of fused-ring (bicyclic) bond motifs is 1. The van der Waals surface area contributed by atoms with E-state index in [1.54, 1.807) is 0 Å². The van der Waals surface area contributed by atoms with Crippen molar-refractivity contribution in [2.24, 2.45) is 0 Å². The number of allylic oxidation sites excluding steroid dienone is 1. The number of rotatable bonds is 1. The smallest absolute Gasteiger partial charge is 0.133 e. The highest BCUT2D eigenvalue weighted by Crippen LogP contribution is 2.22. The van der Waals surface area contributed by atoms with Crippen LogP contribution in [0.2, 0.25) is 0 Å². The largest absolute Gasteiger partial charge is 0.300 e. The summed E-state index contributed by atoms with van der Waals surface area (Å²) in [7, 11) is 0. The van der Waals surface area contributed by atoms with Gasteiger partial charge >= 0.3 is 0 Å². The van der Waals surface area contributed by atoms with E-state index < -0.39 is 0 Å². The van der Waals surface area contributed by atoms with Gasteiger partial charge in [0.2, 0.25) is 0 Å². The lowest BCUT2D eigenvalue weighted by Crippen LogP contribution is -1.95. The van der Waals surface area contributed by atoms with Crippen LogP contribution < -0.4 is 0 Å². The molecular formula is C14H16O. The first-order valence-corrected chi connectivity index (χ1v) is 5.46. The van der Waals surface area contributed by atoms with Crippen molar-refractivity contribution in [3.63, 3.8) is 0 Å². The van der Waals surface area contributed by atoms with E-state index in [1.807, 2.05) is 6.92 Å². The van der Waals surface area contributed by atoms with Gasteiger partial charge < -0.3 is 0 Å². The SMILES string of the molecule is C=C(C)c1ccc2c(c1)CCC(=O)CC2. The minimum absolute atomic E-state index is 0.392. The maximum atomic E-state index is 11.4. The van der Waals surface area contributed by atoms with Gasteiger partial charge in [-0.2, -0.15) is 0 Å². The summed E-state index contributed by atoms with van der Waals surface area (Å²) < 4.78 is 0. The van der Waals surface area contributed by atoms with Crippen LogP contribution in [0.4, 0.5) is 0 Å². The third-order valence-electron chi connectivity index (χ3n) is 3.05. The van der Waals surface area contributed by atoms with Crippen molar-refractivity contribution in [3.05, 3.63) is 41.5 Å². The molecule has 0 fully saturated rings. The number of ketones is 1. The van der Waals surface area contributed by atoms with E-state index in [1.165, 1.54) is 16.7 Å². The maximum Gasteiger partial charge on any atom is 0.133 e. The van der Waals surface area contributed by atoms with Crippen LogP contribution in [0, 0.1) is 0 Å². The number of hydrogen-bond acceptors (Lipinski definition) is 1. The molecule has 1 aliphatic carbocycles. The molecule has 0 aromatic heterocycles. The molecule has 0 radical (unpaired) electrons. The topological polar surface area (TPSA) is 17.1 Å². The number of benzene rings is 1. The molecule has 1 aromatic rings. The third-order valence-corrected chi connectivity index (χ3v) is 3.05. The fourth-order valence-corrected chi connectivity index (χ4v) is 2.04. The van der Waals surface area contributed by atoms with E-state index in [0.717, 1.165) is 18.4 Å². The molecule has 2 rings (SSSR count). The van der Waals surface area contributed by atoms with Crippen LogP contribution >= 0.6 is 0 Å². The van der Waals surface area contributed by atoms with Crippen molar-refractivity contribution in [1.82, 2.24) is 0 Å². The van der Waals surface area contributed by atoms with Crippen molar-refractivity contribution < 1.29 is 4.79 Å². The van der Waals surface area contributed by atoms with Crippen molar-refractivity contribution in [3.8, 4) is 0 Å². The predicted octanol–water partition coefficient (Wildman–Crippen LogP) is 3.17. The quantitative estimate of drug-likeness (QED) is 0.636. The van der Waals surface area contributed by atoms with Crippen LogP contribution in [0.15, 0.2) is 24.8 Å². The van der Waals surface area contributed by atoms with Gasteiger partial charge in [-0.3, -0.25) is 4.79 Å². The van der Waals surface area contributed by atoms with Crippen LogP contribution in [0.5, 0.6) is 0 Å². The van der Waals surface area contributed by atoms with Gasteiger partial charge in [-0.1, -0.05) is 30.4 Å². The second kappa shape index (κ2) is 4.01. The maximum absolute atomic E-state index is 11.4. The average molecular weight is 200 g/mol. The highest BCUT2D eigenvalue weighted by Gasteiger charge is 2.13. The molecule has 0 heterocycles. The summed E-state index contributed by atoms with van der Waals surface area (Å²) >= 11 is 0. The molecule has 1 aliphatic rings. The Hall–Kier alpha value is -1.37. The summed E-state index contributed by atoms with van der Waals surface area (Å²) in [6, 6.07) is 6.45. The molecule has 0 aliphatic heterocycles. The molecule has 0 spiro atoms. The third kappa shape index (κ3) is 2.17. The minimum atomic E-state index is 0.392. The first-order valence-electron chi connectivity index (χ1n) is 5.46. The van der Waals surface area contributed by atoms with Crippen molar-refractivity contribution >= 4 is 11.4 Å². The van der Waals surface area contributed by atoms with E-state index in [9.17, 15) is 4.79 Å². The van der Waals surface area contributed by atoms with E-state index in [0.29, 0.717) is 18.6 Å². The second-order valence-electron chi connectivity index (χ2n) is 4.30. The molecule has 1 heteroatoms. The van der Waals surface area contributed by atoms with Crippen LogP contribution in [-0.2, 0) is 17.6 Å². The zero-order valence-electron chi connectivity index (χ0n) is 9.18. The van der Waals surface area contributed by atoms with Crippen LogP contribution in [0.25, 0.3) is 5.57 Å². The van der Waals surface area contributed by atoms with Gasteiger partial charge in [-0.25, -0.2) is 0 Å². The molecule has 0 unspecified atom stereocenters. The molecule has 1 nitrogen and oxygen atoms in total. The predicted molar refractivity (Wildman–Crippen MR) is 62.8 cm³/mol. The van der Waals surface area contributed by atoms with Crippen LogP contribution in [0.1, 0.15) is 36.5 Å². The highest BCUT2D eigenvalue weighted by atomic mass is 16.1. The molecule has 0 atom stereocenters. The second-order valence-corrected chi connectivity index (χ2v) is 4.30. The van der Waals surface area contributed by atoms with Gasteiger partial charge in [-0.15, -0.1) is 0 Å². The Morgan fingerprint density at radius 2 is 1.80 bits per heavy atom. The molecule has 0 N–H and O–H groups in total. The minimum Gasteiger partial charge on any atom is -0.300 e. The normalized spacial score (nSPS) is 15.7. The molecule has 0 bridgehead atoms. The summed E-state index contributed by atoms with van der Waals surface area (Å²) in [6.45, 7) is 5.96. The monoisotopic (exact) mass is 200 g/mol. The van der Waals surface area contributed by atoms with Crippen molar-refractivity contribution in [2.45, 2.75) is 32.6 Å². The fourth-order valence-electron chi connectivity index (χ4n) is 2.04. The summed E-state index contributed by atoms with van der Waals surface area (Å²) in [5.74, 6) is 0.392. The first kappa shape index (κ1) is 10.2. The zero-order valence-corrected chi connectivity index (χ0v) is 9.18. The van der Waals surface area contributed by atoms with Crippen molar-refractivity contribution in [2.75, 3.05) is 0 Å². The van der Waals surface area contributed by atoms with Crippen molar-refractivity contribution in [1.29, 1.82) is 0 Å². The van der Waals surface area contributed by atoms with Gasteiger partial charge in [0.25, 0.3) is 0 Å². The van der Waals surface area contributed by atoms with E-state index in [2.05, 4.69) is 24.8 Å². The Morgan fingerprint density at radius 3 is 2.47 bits per heavy atom. The average Bonchev–Trinajstić information content (AvgIpc) is 2.40. The Bertz CT molecular complexity index is 415. The summed E-state index contributed by atoms with van der Waals surface area (Å²) in [5.41, 5.74) is 4.96. The van der Waals surface area contributed by atoms with Gasteiger partial charge in [0, 0.05) is 12.8 Å². The van der Waals surface area contributed by atoms with Gasteiger partial charge in [0.05, 0.1) is 0 Å². The lowest BCUT2D eigenvalue weighted by Gasteiger charge is -2.07. The number of hydrogen-bond donors (Lipinski definition) is 0. The Labute approximate surface area is 90.8 Å². The van der Waals surface area contributed by atoms with E-state index in [4.69, 9.17) is 0 Å². The number of carbonyl (C=O) groups excluding carboxylic acids is 1. The number of aryl methyl sites for hydroxylation is 2. The standard InChI is InChI=1S/C14H16O/c1-10(2)12-4-3-11-5-7-14(15)8-6-13(11)9-12/h3-4,9H,1,5-8H2,2H3. The lowest BCUT2D eigenvalue weighted by atomic mass is 9.98. The molecule has 15 heavy (non-hydrogen) atoms. The Balaban J connectivity index is 2.36. The number of carbonyl (C=O) groups is 1. The highest BCUT2D eigenvalue weighted by molar-refractivity contribution is 5.79. The molecule has 78 valence electrons. The van der Waals surface area contributed by atoms with E-state index >= 15 is 0 Å². The van der Waals surface area contributed by atoms with Crippen LogP contribution in [-0.4, -0.2) is 5.78 Å². The molecule has 0 amide bonds. The zero-order chi connectivity index (χ0) is 10.8. The Morgan fingerprint density at radius 1 is 1.13 bits per heavy atom. The van der Waals surface area contributed by atoms with Crippen LogP contribution in [0.3, 0.4) is 0 Å². The first-order chi connectivity index (χ1) is 7.16. The summed E-state index contributed by atoms with van der Waals surface area (Å²) in [5, 5.41) is 0. The van der Waals surface area contributed by atoms with Gasteiger partial charge in [0.15, 0.2) is 0 Å². The molecule has 0 saturated carbocycles. The Kier molecular flexibility index (Phi) is 2.72. The molecule has 0 saturated heterocycles. The van der Waals surface area contributed by atoms with E-state index in [-0.39, 0.29) is 0 Å². The summed E-state index contributed by atoms with van der Waals surface area (Å²) in [4.78, 5) is 11.4.